The van der Waals surface area contributed by atoms with Crippen molar-refractivity contribution in [3.05, 3.63) is 12.2 Å². The van der Waals surface area contributed by atoms with Gasteiger partial charge in [0.05, 0.1) is 16.8 Å². The summed E-state index contributed by atoms with van der Waals surface area (Å²) < 4.78 is 6.28. The van der Waals surface area contributed by atoms with Crippen LogP contribution in [0.3, 0.4) is 0 Å². The van der Waals surface area contributed by atoms with Crippen molar-refractivity contribution in [3.8, 4) is 0 Å². The summed E-state index contributed by atoms with van der Waals surface area (Å²) in [5.74, 6) is 0.502. The van der Waals surface area contributed by atoms with Crippen LogP contribution in [0.5, 0.6) is 0 Å². The summed E-state index contributed by atoms with van der Waals surface area (Å²) in [4.78, 5) is 12.7. The summed E-state index contributed by atoms with van der Waals surface area (Å²) in [6.45, 7) is 5.48. The summed E-state index contributed by atoms with van der Waals surface area (Å²) in [7, 11) is 0. The second kappa shape index (κ2) is 5.28. The van der Waals surface area contributed by atoms with E-state index >= 15 is 0 Å². The lowest BCUT2D eigenvalue weighted by Gasteiger charge is -2.73. The van der Waals surface area contributed by atoms with Crippen LogP contribution in [0.1, 0.15) is 77.6 Å². The van der Waals surface area contributed by atoms with Crippen molar-refractivity contribution >= 4 is 5.97 Å². The monoisotopic (exact) mass is 402 g/mol. The molecule has 8 fully saturated rings. The van der Waals surface area contributed by atoms with Crippen LogP contribution in [0, 0.1) is 29.1 Å². The maximum absolute atomic E-state index is 12.7. The lowest BCUT2D eigenvalue weighted by Crippen LogP contribution is -2.75. The van der Waals surface area contributed by atoms with Gasteiger partial charge in [-0.2, -0.15) is 0 Å². The highest BCUT2D eigenvalue weighted by molar-refractivity contribution is 5.87. The van der Waals surface area contributed by atoms with Crippen LogP contribution >= 0.6 is 0 Å². The van der Waals surface area contributed by atoms with E-state index in [4.69, 9.17) is 4.74 Å². The number of ether oxygens (including phenoxy) is 1. The minimum absolute atomic E-state index is 0.208. The highest BCUT2D eigenvalue weighted by Gasteiger charge is 2.75. The van der Waals surface area contributed by atoms with E-state index in [-0.39, 0.29) is 23.2 Å². The van der Waals surface area contributed by atoms with Gasteiger partial charge in [0.15, 0.2) is 0 Å². The van der Waals surface area contributed by atoms with Gasteiger partial charge in [-0.3, -0.25) is 0 Å². The molecule has 5 nitrogen and oxygen atoms in total. The van der Waals surface area contributed by atoms with Crippen molar-refractivity contribution in [2.75, 3.05) is 0 Å². The van der Waals surface area contributed by atoms with Crippen molar-refractivity contribution in [1.29, 1.82) is 0 Å². The zero-order valence-electron chi connectivity index (χ0n) is 17.5. The zero-order chi connectivity index (χ0) is 20.4. The number of hydrogen-bond acceptors (Lipinski definition) is 5. The lowest BCUT2D eigenvalue weighted by atomic mass is 9.35. The van der Waals surface area contributed by atoms with Gasteiger partial charge in [-0.25, -0.2) is 4.79 Å². The Morgan fingerprint density at radius 3 is 1.97 bits per heavy atom. The van der Waals surface area contributed by atoms with E-state index in [1.165, 1.54) is 0 Å². The minimum Gasteiger partial charge on any atom is -0.455 e. The molecule has 0 radical (unpaired) electrons. The Morgan fingerprint density at radius 2 is 1.45 bits per heavy atom. The molecule has 0 amide bonds. The second-order valence-corrected chi connectivity index (χ2v) is 12.4. The molecule has 0 saturated heterocycles. The van der Waals surface area contributed by atoms with Crippen LogP contribution in [0.4, 0.5) is 0 Å². The number of esters is 1. The predicted octanol–water partition coefficient (Wildman–Crippen LogP) is 2.86. The largest absolute Gasteiger partial charge is 0.455 e. The fourth-order valence-electron chi connectivity index (χ4n) is 10.3. The number of rotatable bonds is 3. The highest BCUT2D eigenvalue weighted by atomic mass is 16.6. The first-order valence-electron chi connectivity index (χ1n) is 11.5. The lowest BCUT2D eigenvalue weighted by molar-refractivity contribution is -0.325. The number of hydrogen-bond donors (Lipinski definition) is 3. The van der Waals surface area contributed by atoms with Crippen LogP contribution in [0.25, 0.3) is 0 Å². The smallest absolute Gasteiger partial charge is 0.333 e. The highest BCUT2D eigenvalue weighted by Crippen LogP contribution is 2.74. The SMILES string of the molecule is C=C(C)C(=O)OC12CC3CC(CC(O)(C3)C1C13CC4CC(O)(CC(O)(C4)C1)C3)C2. The van der Waals surface area contributed by atoms with E-state index in [0.717, 1.165) is 51.4 Å². The molecule has 8 saturated carbocycles. The molecule has 3 N–H and O–H groups in total. The van der Waals surface area contributed by atoms with Crippen LogP contribution in [-0.2, 0) is 9.53 Å². The van der Waals surface area contributed by atoms with E-state index in [0.29, 0.717) is 36.7 Å². The molecule has 5 unspecified atom stereocenters. The number of carbonyl (C=O) groups excluding carboxylic acids is 1. The van der Waals surface area contributed by atoms with E-state index in [1.807, 2.05) is 0 Å². The molecule has 0 heterocycles. The van der Waals surface area contributed by atoms with Crippen LogP contribution in [0.2, 0.25) is 0 Å². The first-order valence-corrected chi connectivity index (χ1v) is 11.5. The predicted molar refractivity (Wildman–Crippen MR) is 106 cm³/mol. The molecule has 29 heavy (non-hydrogen) atoms. The van der Waals surface area contributed by atoms with Gasteiger partial charge in [0.2, 0.25) is 0 Å². The Balaban J connectivity index is 1.48. The van der Waals surface area contributed by atoms with Gasteiger partial charge >= 0.3 is 5.97 Å². The molecule has 0 aromatic rings. The third kappa shape index (κ3) is 2.47. The number of aliphatic hydroxyl groups is 3. The summed E-state index contributed by atoms with van der Waals surface area (Å²) in [6, 6.07) is 0. The number of carbonyl (C=O) groups is 1. The molecular weight excluding hydrogens is 368 g/mol. The Labute approximate surface area is 172 Å². The Bertz CT molecular complexity index is 769. The van der Waals surface area contributed by atoms with Crippen LogP contribution in [-0.4, -0.2) is 43.7 Å². The Hall–Kier alpha value is -0.910. The van der Waals surface area contributed by atoms with E-state index in [1.54, 1.807) is 6.92 Å². The van der Waals surface area contributed by atoms with E-state index < -0.39 is 22.4 Å². The van der Waals surface area contributed by atoms with Crippen molar-refractivity contribution in [2.24, 2.45) is 29.1 Å². The van der Waals surface area contributed by atoms with E-state index in [2.05, 4.69) is 6.58 Å². The summed E-state index contributed by atoms with van der Waals surface area (Å²) in [6.07, 6.45) is 8.38. The Kier molecular flexibility index (Phi) is 3.43. The van der Waals surface area contributed by atoms with Gasteiger partial charge in [0.25, 0.3) is 0 Å². The van der Waals surface area contributed by atoms with Crippen LogP contribution in [0.15, 0.2) is 12.2 Å². The summed E-state index contributed by atoms with van der Waals surface area (Å²) in [5.41, 5.74) is -3.21. The van der Waals surface area contributed by atoms with Crippen molar-refractivity contribution < 1.29 is 24.9 Å². The molecular formula is C24H34O5. The molecule has 160 valence electrons. The normalized spacial score (nSPS) is 59.2. The molecule has 0 spiro atoms. The topological polar surface area (TPSA) is 87.0 Å². The zero-order valence-corrected chi connectivity index (χ0v) is 17.5. The van der Waals surface area contributed by atoms with Gasteiger partial charge in [-0.1, -0.05) is 6.58 Å². The molecule has 8 rings (SSSR count). The first kappa shape index (κ1) is 18.8. The minimum atomic E-state index is -0.863. The van der Waals surface area contributed by atoms with Crippen LogP contribution < -0.4 is 0 Å². The fraction of sp³-hybridized carbons (Fsp3) is 0.875. The third-order valence-corrected chi connectivity index (χ3v) is 9.59. The molecule has 8 aliphatic rings. The summed E-state index contributed by atoms with van der Waals surface area (Å²) >= 11 is 0. The molecule has 5 atom stereocenters. The second-order valence-electron chi connectivity index (χ2n) is 12.4. The molecule has 8 bridgehead atoms. The Morgan fingerprint density at radius 1 is 0.862 bits per heavy atom. The molecule has 0 aromatic carbocycles. The van der Waals surface area contributed by atoms with Crippen molar-refractivity contribution in [2.45, 2.75) is 100.0 Å². The van der Waals surface area contributed by atoms with Gasteiger partial charge < -0.3 is 20.1 Å². The molecule has 5 heteroatoms. The maximum atomic E-state index is 12.7. The molecule has 0 aliphatic heterocycles. The molecule has 0 aromatic heterocycles. The van der Waals surface area contributed by atoms with Gasteiger partial charge in [-0.15, -0.1) is 0 Å². The third-order valence-electron chi connectivity index (χ3n) is 9.59. The van der Waals surface area contributed by atoms with Gasteiger partial charge in [0.1, 0.15) is 5.60 Å². The quantitative estimate of drug-likeness (QED) is 0.499. The van der Waals surface area contributed by atoms with Crippen molar-refractivity contribution in [1.82, 2.24) is 0 Å². The average molecular weight is 403 g/mol. The first-order chi connectivity index (χ1) is 13.5. The maximum Gasteiger partial charge on any atom is 0.333 e. The van der Waals surface area contributed by atoms with Gasteiger partial charge in [0, 0.05) is 17.9 Å². The van der Waals surface area contributed by atoms with Crippen molar-refractivity contribution in [3.63, 3.8) is 0 Å². The fourth-order valence-corrected chi connectivity index (χ4v) is 10.3. The van der Waals surface area contributed by atoms with E-state index in [9.17, 15) is 20.1 Å². The average Bonchev–Trinajstić information content (AvgIpc) is 2.47. The summed E-state index contributed by atoms with van der Waals surface area (Å²) in [5, 5.41) is 34.8. The standard InChI is InChI=1S/C24H34O5/c1-14(2)18(25)29-24-9-15-3-16(10-24)8-23(28,7-15)19(24)20-4-17-5-21(26,11-20)13-22(27,6-17)12-20/h15-17,19,26-28H,1,3-13H2,2H3. The molecule has 8 aliphatic carbocycles. The van der Waals surface area contributed by atoms with Gasteiger partial charge in [-0.05, 0) is 94.3 Å².